The zero-order valence-corrected chi connectivity index (χ0v) is 16.0. The highest BCUT2D eigenvalue weighted by atomic mass is 16.4. The van der Waals surface area contributed by atoms with Gasteiger partial charge in [-0.15, -0.1) is 0 Å². The van der Waals surface area contributed by atoms with Crippen LogP contribution < -0.4 is 16.0 Å². The van der Waals surface area contributed by atoms with Crippen LogP contribution in [0.5, 0.6) is 0 Å². The van der Waals surface area contributed by atoms with Crippen molar-refractivity contribution in [1.29, 1.82) is 0 Å². The summed E-state index contributed by atoms with van der Waals surface area (Å²) in [7, 11) is 0. The van der Waals surface area contributed by atoms with Gasteiger partial charge in [-0.1, -0.05) is 60.7 Å². The van der Waals surface area contributed by atoms with Gasteiger partial charge in [0.25, 0.3) is 0 Å². The molecule has 0 aromatic heterocycles. The fourth-order valence-corrected chi connectivity index (χ4v) is 3.65. The maximum Gasteiger partial charge on any atom is 0.317 e. The molecule has 2 aromatic carbocycles. The Hall–Kier alpha value is -3.03. The molecule has 2 unspecified atom stereocenters. The van der Waals surface area contributed by atoms with Crippen molar-refractivity contribution in [3.05, 3.63) is 71.8 Å². The number of benzene rings is 2. The van der Waals surface area contributed by atoms with Crippen molar-refractivity contribution < 1.29 is 19.5 Å². The SMILES string of the molecule is O=C(O)CNC(C(=O)NC(=O)C1CCCN1)C(c1ccccc1)c1ccccc1. The molecule has 2 amide bonds. The summed E-state index contributed by atoms with van der Waals surface area (Å²) in [4.78, 5) is 36.7. The minimum absolute atomic E-state index is 0.380. The Kier molecular flexibility index (Phi) is 7.10. The first-order chi connectivity index (χ1) is 14.1. The van der Waals surface area contributed by atoms with Crippen LogP contribution in [0.4, 0.5) is 0 Å². The third-order valence-corrected chi connectivity index (χ3v) is 5.03. The van der Waals surface area contributed by atoms with Gasteiger partial charge in [0.15, 0.2) is 0 Å². The number of carboxylic acids is 1. The van der Waals surface area contributed by atoms with Crippen LogP contribution in [0.3, 0.4) is 0 Å². The van der Waals surface area contributed by atoms with Gasteiger partial charge < -0.3 is 10.4 Å². The topological polar surface area (TPSA) is 108 Å². The maximum absolute atomic E-state index is 13.1. The van der Waals surface area contributed by atoms with E-state index in [9.17, 15) is 14.4 Å². The highest BCUT2D eigenvalue weighted by molar-refractivity contribution is 6.00. The molecule has 0 saturated carbocycles. The number of carboxylic acid groups (broad SMARTS) is 1. The lowest BCUT2D eigenvalue weighted by atomic mass is 9.84. The fraction of sp³-hybridized carbons (Fsp3) is 0.318. The van der Waals surface area contributed by atoms with Gasteiger partial charge in [-0.05, 0) is 30.5 Å². The molecule has 1 aliphatic heterocycles. The first kappa shape index (κ1) is 20.7. The summed E-state index contributed by atoms with van der Waals surface area (Å²) < 4.78 is 0. The van der Waals surface area contributed by atoms with Crippen LogP contribution in [0.1, 0.15) is 29.9 Å². The first-order valence-electron chi connectivity index (χ1n) is 9.69. The van der Waals surface area contributed by atoms with E-state index in [1.165, 1.54) is 0 Å². The fourth-order valence-electron chi connectivity index (χ4n) is 3.65. The summed E-state index contributed by atoms with van der Waals surface area (Å²) in [5.41, 5.74) is 1.70. The summed E-state index contributed by atoms with van der Waals surface area (Å²) in [5, 5.41) is 17.5. The summed E-state index contributed by atoms with van der Waals surface area (Å²) in [5.74, 6) is -2.45. The van der Waals surface area contributed by atoms with Gasteiger partial charge >= 0.3 is 5.97 Å². The van der Waals surface area contributed by atoms with Gasteiger partial charge in [0.1, 0.15) is 0 Å². The zero-order valence-electron chi connectivity index (χ0n) is 16.0. The van der Waals surface area contributed by atoms with Crippen LogP contribution in [-0.4, -0.2) is 48.1 Å². The molecule has 1 aliphatic rings. The van der Waals surface area contributed by atoms with Crippen molar-refractivity contribution in [2.75, 3.05) is 13.1 Å². The normalized spacial score (nSPS) is 17.1. The van der Waals surface area contributed by atoms with Crippen LogP contribution in [0, 0.1) is 0 Å². The number of rotatable bonds is 8. The molecule has 29 heavy (non-hydrogen) atoms. The Balaban J connectivity index is 1.91. The van der Waals surface area contributed by atoms with E-state index < -0.39 is 36.4 Å². The molecule has 0 bridgehead atoms. The minimum atomic E-state index is -1.08. The standard InChI is InChI=1S/C22H25N3O4/c26-18(27)14-24-20(22(29)25-21(28)17-12-7-13-23-17)19(15-8-3-1-4-9-15)16-10-5-2-6-11-16/h1-6,8-11,17,19-20,23-24H,7,12-14H2,(H,26,27)(H,25,28,29). The highest BCUT2D eigenvalue weighted by Gasteiger charge is 2.33. The van der Waals surface area contributed by atoms with E-state index in [0.29, 0.717) is 6.42 Å². The van der Waals surface area contributed by atoms with E-state index >= 15 is 0 Å². The smallest absolute Gasteiger partial charge is 0.317 e. The second-order valence-electron chi connectivity index (χ2n) is 7.05. The second-order valence-corrected chi connectivity index (χ2v) is 7.05. The molecule has 0 aliphatic carbocycles. The molecule has 1 fully saturated rings. The average molecular weight is 395 g/mol. The Labute approximate surface area is 169 Å². The minimum Gasteiger partial charge on any atom is -0.480 e. The predicted molar refractivity (Wildman–Crippen MR) is 108 cm³/mol. The Morgan fingerprint density at radius 2 is 1.59 bits per heavy atom. The van der Waals surface area contributed by atoms with Crippen molar-refractivity contribution in [2.24, 2.45) is 0 Å². The molecule has 2 atom stereocenters. The van der Waals surface area contributed by atoms with Crippen LogP contribution in [0.2, 0.25) is 0 Å². The summed E-state index contributed by atoms with van der Waals surface area (Å²) in [6.45, 7) is 0.341. The Morgan fingerprint density at radius 3 is 2.07 bits per heavy atom. The van der Waals surface area contributed by atoms with Crippen molar-refractivity contribution in [2.45, 2.75) is 30.8 Å². The third kappa shape index (κ3) is 5.49. The van der Waals surface area contributed by atoms with Gasteiger partial charge in [0.2, 0.25) is 11.8 Å². The zero-order chi connectivity index (χ0) is 20.6. The number of aliphatic carboxylic acids is 1. The number of imide groups is 1. The first-order valence-corrected chi connectivity index (χ1v) is 9.69. The van der Waals surface area contributed by atoms with E-state index in [-0.39, 0.29) is 5.91 Å². The lowest BCUT2D eigenvalue weighted by Gasteiger charge is -2.28. The molecule has 4 N–H and O–H groups in total. The number of amides is 2. The van der Waals surface area contributed by atoms with Crippen molar-refractivity contribution >= 4 is 17.8 Å². The van der Waals surface area contributed by atoms with E-state index in [0.717, 1.165) is 24.1 Å². The summed E-state index contributed by atoms with van der Waals surface area (Å²) in [6.07, 6.45) is 1.55. The molecular formula is C22H25N3O4. The summed E-state index contributed by atoms with van der Waals surface area (Å²) >= 11 is 0. The summed E-state index contributed by atoms with van der Waals surface area (Å²) in [6, 6.07) is 17.4. The van der Waals surface area contributed by atoms with Crippen LogP contribution >= 0.6 is 0 Å². The highest BCUT2D eigenvalue weighted by Crippen LogP contribution is 2.28. The Morgan fingerprint density at radius 1 is 1.00 bits per heavy atom. The van der Waals surface area contributed by atoms with E-state index in [1.807, 2.05) is 60.7 Å². The van der Waals surface area contributed by atoms with E-state index in [2.05, 4.69) is 16.0 Å². The lowest BCUT2D eigenvalue weighted by Crippen LogP contribution is -2.53. The number of nitrogens with one attached hydrogen (secondary N) is 3. The quantitative estimate of drug-likeness (QED) is 0.536. The average Bonchev–Trinajstić information content (AvgIpc) is 3.27. The molecule has 1 heterocycles. The molecule has 0 spiro atoms. The van der Waals surface area contributed by atoms with Crippen LogP contribution in [-0.2, 0) is 14.4 Å². The monoisotopic (exact) mass is 395 g/mol. The number of hydrogen-bond acceptors (Lipinski definition) is 5. The second kappa shape index (κ2) is 9.95. The van der Waals surface area contributed by atoms with Gasteiger partial charge in [-0.25, -0.2) is 0 Å². The van der Waals surface area contributed by atoms with Gasteiger partial charge in [-0.3, -0.25) is 25.0 Å². The Bertz CT molecular complexity index is 796. The lowest BCUT2D eigenvalue weighted by molar-refractivity contribution is -0.136. The molecule has 2 aromatic rings. The number of carbonyl (C=O) groups is 3. The molecule has 3 rings (SSSR count). The molecular weight excluding hydrogens is 370 g/mol. The predicted octanol–water partition coefficient (Wildman–Crippen LogP) is 1.26. The van der Waals surface area contributed by atoms with Gasteiger partial charge in [-0.2, -0.15) is 0 Å². The van der Waals surface area contributed by atoms with Crippen molar-refractivity contribution in [3.63, 3.8) is 0 Å². The third-order valence-electron chi connectivity index (χ3n) is 5.03. The van der Waals surface area contributed by atoms with E-state index in [1.54, 1.807) is 0 Å². The van der Waals surface area contributed by atoms with Crippen LogP contribution in [0.15, 0.2) is 60.7 Å². The van der Waals surface area contributed by atoms with Gasteiger partial charge in [0.05, 0.1) is 18.6 Å². The van der Waals surface area contributed by atoms with E-state index in [4.69, 9.17) is 5.11 Å². The van der Waals surface area contributed by atoms with Crippen LogP contribution in [0.25, 0.3) is 0 Å². The molecule has 7 nitrogen and oxygen atoms in total. The molecule has 7 heteroatoms. The molecule has 152 valence electrons. The largest absolute Gasteiger partial charge is 0.480 e. The molecule has 0 radical (unpaired) electrons. The number of hydrogen-bond donors (Lipinski definition) is 4. The van der Waals surface area contributed by atoms with Gasteiger partial charge in [0, 0.05) is 5.92 Å². The van der Waals surface area contributed by atoms with Crippen molar-refractivity contribution in [1.82, 2.24) is 16.0 Å². The molecule has 1 saturated heterocycles. The van der Waals surface area contributed by atoms with Crippen molar-refractivity contribution in [3.8, 4) is 0 Å². The maximum atomic E-state index is 13.1. The number of carbonyl (C=O) groups excluding carboxylic acids is 2.